The van der Waals surface area contributed by atoms with Crippen molar-refractivity contribution in [2.45, 2.75) is 33.2 Å². The number of hydrogen-bond acceptors (Lipinski definition) is 3. The van der Waals surface area contributed by atoms with E-state index in [0.29, 0.717) is 0 Å². The molecule has 0 aliphatic heterocycles. The highest BCUT2D eigenvalue weighted by Gasteiger charge is 2.32. The second-order valence-electron chi connectivity index (χ2n) is 4.61. The highest BCUT2D eigenvalue weighted by molar-refractivity contribution is 7.89. The van der Waals surface area contributed by atoms with E-state index in [1.54, 1.807) is 13.8 Å². The van der Waals surface area contributed by atoms with Crippen LogP contribution in [-0.4, -0.2) is 42.8 Å². The lowest BCUT2D eigenvalue weighted by Crippen LogP contribution is -2.48. The van der Waals surface area contributed by atoms with E-state index in [-0.39, 0.29) is 18.3 Å². The Morgan fingerprint density at radius 3 is 2.07 bits per heavy atom. The van der Waals surface area contributed by atoms with Crippen molar-refractivity contribution in [3.63, 3.8) is 0 Å². The summed E-state index contributed by atoms with van der Waals surface area (Å²) in [5, 5.41) is 9.06. The first-order valence-corrected chi connectivity index (χ1v) is 6.32. The van der Waals surface area contributed by atoms with E-state index < -0.39 is 15.6 Å². The molecule has 86 valence electrons. The number of nitrogens with zero attached hydrogens (tertiary/aromatic N) is 1. The number of hydrogen-bond donors (Lipinski definition) is 1. The van der Waals surface area contributed by atoms with Crippen LogP contribution >= 0.6 is 0 Å². The largest absolute Gasteiger partial charge is 0.394 e. The Morgan fingerprint density at radius 1 is 1.36 bits per heavy atom. The SMILES string of the molecule is CC(C)CS(=O)(=O)N(C)C(C)(C)CO. The maximum absolute atomic E-state index is 11.8. The van der Waals surface area contributed by atoms with Gasteiger partial charge in [-0.1, -0.05) is 13.8 Å². The van der Waals surface area contributed by atoms with Gasteiger partial charge in [0.15, 0.2) is 0 Å². The van der Waals surface area contributed by atoms with Gasteiger partial charge in [-0.25, -0.2) is 8.42 Å². The van der Waals surface area contributed by atoms with Crippen LogP contribution in [0.2, 0.25) is 0 Å². The van der Waals surface area contributed by atoms with Crippen LogP contribution in [0.3, 0.4) is 0 Å². The summed E-state index contributed by atoms with van der Waals surface area (Å²) >= 11 is 0. The summed E-state index contributed by atoms with van der Waals surface area (Å²) < 4.78 is 24.8. The van der Waals surface area contributed by atoms with Crippen molar-refractivity contribution in [2.24, 2.45) is 5.92 Å². The molecule has 0 aromatic heterocycles. The topological polar surface area (TPSA) is 57.6 Å². The van der Waals surface area contributed by atoms with E-state index in [9.17, 15) is 8.42 Å². The van der Waals surface area contributed by atoms with Crippen LogP contribution in [0.1, 0.15) is 27.7 Å². The Labute approximate surface area is 87.0 Å². The minimum atomic E-state index is -3.26. The number of sulfonamides is 1. The predicted molar refractivity (Wildman–Crippen MR) is 57.6 cm³/mol. The molecule has 0 radical (unpaired) electrons. The summed E-state index contributed by atoms with van der Waals surface area (Å²) in [5.41, 5.74) is -0.728. The lowest BCUT2D eigenvalue weighted by molar-refractivity contribution is 0.137. The first-order chi connectivity index (χ1) is 6.13. The van der Waals surface area contributed by atoms with Crippen LogP contribution in [0.15, 0.2) is 0 Å². The van der Waals surface area contributed by atoms with Crippen LogP contribution in [-0.2, 0) is 10.0 Å². The lowest BCUT2D eigenvalue weighted by atomic mass is 10.1. The monoisotopic (exact) mass is 223 g/mol. The molecule has 0 aromatic rings. The molecule has 0 bridgehead atoms. The molecule has 0 saturated carbocycles. The van der Waals surface area contributed by atoms with Gasteiger partial charge < -0.3 is 5.11 Å². The van der Waals surface area contributed by atoms with Gasteiger partial charge in [0.05, 0.1) is 17.9 Å². The Hall–Kier alpha value is -0.130. The smallest absolute Gasteiger partial charge is 0.214 e. The number of likely N-dealkylation sites (N-methyl/N-ethyl adjacent to an activating group) is 1. The van der Waals surface area contributed by atoms with E-state index in [2.05, 4.69) is 0 Å². The highest BCUT2D eigenvalue weighted by Crippen LogP contribution is 2.17. The number of rotatable bonds is 5. The van der Waals surface area contributed by atoms with Gasteiger partial charge in [0.1, 0.15) is 0 Å². The predicted octanol–water partition coefficient (Wildman–Crippen LogP) is 0.675. The summed E-state index contributed by atoms with van der Waals surface area (Å²) in [4.78, 5) is 0. The molecular formula is C9H21NO3S. The van der Waals surface area contributed by atoms with Gasteiger partial charge >= 0.3 is 0 Å². The highest BCUT2D eigenvalue weighted by atomic mass is 32.2. The van der Waals surface area contributed by atoms with E-state index in [0.717, 1.165) is 0 Å². The van der Waals surface area contributed by atoms with Gasteiger partial charge in [-0.05, 0) is 19.8 Å². The number of aliphatic hydroxyl groups is 1. The molecule has 0 aromatic carbocycles. The van der Waals surface area contributed by atoms with Crippen LogP contribution in [0.5, 0.6) is 0 Å². The molecule has 0 heterocycles. The maximum atomic E-state index is 11.8. The van der Waals surface area contributed by atoms with E-state index >= 15 is 0 Å². The standard InChI is InChI=1S/C9H21NO3S/c1-8(2)6-14(12,13)10(5)9(3,4)7-11/h8,11H,6-7H2,1-5H3. The van der Waals surface area contributed by atoms with Gasteiger partial charge in [0, 0.05) is 7.05 Å². The fourth-order valence-electron chi connectivity index (χ4n) is 1.01. The minimum absolute atomic E-state index is 0.0944. The van der Waals surface area contributed by atoms with Gasteiger partial charge in [-0.2, -0.15) is 4.31 Å². The molecule has 0 fully saturated rings. The Bertz CT molecular complexity index is 270. The molecule has 1 N–H and O–H groups in total. The molecule has 0 spiro atoms. The van der Waals surface area contributed by atoms with Crippen molar-refractivity contribution in [3.8, 4) is 0 Å². The fourth-order valence-corrected chi connectivity index (χ4v) is 2.89. The second-order valence-corrected chi connectivity index (χ2v) is 6.66. The molecule has 0 atom stereocenters. The third kappa shape index (κ3) is 3.55. The first-order valence-electron chi connectivity index (χ1n) is 4.71. The average Bonchev–Trinajstić information content (AvgIpc) is 2.00. The van der Waals surface area contributed by atoms with E-state index in [1.807, 2.05) is 13.8 Å². The Morgan fingerprint density at radius 2 is 1.79 bits per heavy atom. The van der Waals surface area contributed by atoms with Gasteiger partial charge in [-0.15, -0.1) is 0 Å². The molecule has 0 saturated heterocycles. The van der Waals surface area contributed by atoms with Crippen molar-refractivity contribution >= 4 is 10.0 Å². The van der Waals surface area contributed by atoms with Gasteiger partial charge in [0.25, 0.3) is 0 Å². The quantitative estimate of drug-likeness (QED) is 0.745. The van der Waals surface area contributed by atoms with Crippen molar-refractivity contribution in [1.29, 1.82) is 0 Å². The molecule has 0 rings (SSSR count). The molecule has 14 heavy (non-hydrogen) atoms. The summed E-state index contributed by atoms with van der Waals surface area (Å²) in [6.45, 7) is 6.94. The first kappa shape index (κ1) is 13.9. The minimum Gasteiger partial charge on any atom is -0.394 e. The molecule has 0 aliphatic rings. The molecule has 0 unspecified atom stereocenters. The molecule has 4 nitrogen and oxygen atoms in total. The van der Waals surface area contributed by atoms with Gasteiger partial charge in [0.2, 0.25) is 10.0 Å². The van der Waals surface area contributed by atoms with Crippen LogP contribution < -0.4 is 0 Å². The summed E-state index contributed by atoms with van der Waals surface area (Å²) in [6, 6.07) is 0. The fraction of sp³-hybridized carbons (Fsp3) is 1.00. The normalized spacial score (nSPS) is 14.0. The Kier molecular flexibility index (Phi) is 4.55. The zero-order valence-corrected chi connectivity index (χ0v) is 10.4. The van der Waals surface area contributed by atoms with Gasteiger partial charge in [-0.3, -0.25) is 0 Å². The van der Waals surface area contributed by atoms with Crippen molar-refractivity contribution in [2.75, 3.05) is 19.4 Å². The Balaban J connectivity index is 4.76. The van der Waals surface area contributed by atoms with Crippen molar-refractivity contribution in [3.05, 3.63) is 0 Å². The second kappa shape index (κ2) is 4.59. The third-order valence-corrected chi connectivity index (χ3v) is 4.62. The van der Waals surface area contributed by atoms with Crippen LogP contribution in [0.4, 0.5) is 0 Å². The summed E-state index contributed by atoms with van der Waals surface area (Å²) in [5.74, 6) is 0.212. The summed E-state index contributed by atoms with van der Waals surface area (Å²) in [6.07, 6.45) is 0. The van der Waals surface area contributed by atoms with Crippen LogP contribution in [0, 0.1) is 5.92 Å². The zero-order chi connectivity index (χ0) is 11.6. The zero-order valence-electron chi connectivity index (χ0n) is 9.61. The van der Waals surface area contributed by atoms with Crippen LogP contribution in [0.25, 0.3) is 0 Å². The molecule has 0 amide bonds. The molecule has 0 aliphatic carbocycles. The van der Waals surface area contributed by atoms with Crippen molar-refractivity contribution in [1.82, 2.24) is 4.31 Å². The molecule has 5 heteroatoms. The van der Waals surface area contributed by atoms with Crippen molar-refractivity contribution < 1.29 is 13.5 Å². The lowest BCUT2D eigenvalue weighted by Gasteiger charge is -2.33. The molecular weight excluding hydrogens is 202 g/mol. The maximum Gasteiger partial charge on any atom is 0.214 e. The third-order valence-electron chi connectivity index (χ3n) is 2.20. The van der Waals surface area contributed by atoms with E-state index in [4.69, 9.17) is 5.11 Å². The van der Waals surface area contributed by atoms with E-state index in [1.165, 1.54) is 11.4 Å². The summed E-state index contributed by atoms with van der Waals surface area (Å²) in [7, 11) is -1.75. The number of aliphatic hydroxyl groups excluding tert-OH is 1. The average molecular weight is 223 g/mol.